The van der Waals surface area contributed by atoms with Crippen LogP contribution in [0.5, 0.6) is 11.5 Å². The minimum absolute atomic E-state index is 0.0135. The molecule has 34 heavy (non-hydrogen) atoms. The van der Waals surface area contributed by atoms with Crippen LogP contribution in [-0.4, -0.2) is 38.6 Å². The van der Waals surface area contributed by atoms with Crippen molar-refractivity contribution in [1.82, 2.24) is 14.7 Å². The van der Waals surface area contributed by atoms with Gasteiger partial charge in [-0.05, 0) is 54.1 Å². The normalized spacial score (nSPS) is 15.6. The van der Waals surface area contributed by atoms with Crippen molar-refractivity contribution in [2.45, 2.75) is 11.9 Å². The molecule has 5 rings (SSSR count). The van der Waals surface area contributed by atoms with Gasteiger partial charge in [0.05, 0.1) is 30.8 Å². The molecule has 1 N–H and O–H groups in total. The Kier molecular flexibility index (Phi) is 5.98. The van der Waals surface area contributed by atoms with E-state index in [4.69, 9.17) is 9.84 Å². The Labute approximate surface area is 200 Å². The highest BCUT2D eigenvalue weighted by Crippen LogP contribution is 2.42. The van der Waals surface area contributed by atoms with Gasteiger partial charge in [0.15, 0.2) is 11.5 Å². The van der Waals surface area contributed by atoms with Gasteiger partial charge in [-0.2, -0.15) is 5.10 Å². The molecule has 0 radical (unpaired) electrons. The second-order valence-electron chi connectivity index (χ2n) is 7.91. The number of nitrogens with zero attached hydrogens (tertiary/aromatic N) is 3. The molecule has 8 heteroatoms. The van der Waals surface area contributed by atoms with Crippen LogP contribution in [0.15, 0.2) is 79.0 Å². The molecule has 1 aliphatic heterocycles. The van der Waals surface area contributed by atoms with Gasteiger partial charge in [-0.15, -0.1) is 11.8 Å². The molecule has 3 aromatic carbocycles. The van der Waals surface area contributed by atoms with Gasteiger partial charge in [-0.1, -0.05) is 24.3 Å². The van der Waals surface area contributed by atoms with Crippen LogP contribution < -0.4 is 4.74 Å². The molecule has 6 nitrogen and oxygen atoms in total. The lowest BCUT2D eigenvalue weighted by atomic mass is 10.1. The molecule has 172 valence electrons. The zero-order chi connectivity index (χ0) is 23.7. The standard InChI is InChI=1S/C26H22FN3O3S/c1-33-23-13-18(9-12-22(23)31)26-29(24(32)16-34-26)14-19-15-30(21-5-3-2-4-6-21)28-25(19)17-7-10-20(27)11-8-17/h2-13,15,26,31H,14,16H2,1H3/t26-/m1/s1. The molecule has 1 amide bonds. The van der Waals surface area contributed by atoms with Crippen LogP contribution in [0.4, 0.5) is 4.39 Å². The van der Waals surface area contributed by atoms with Crippen LogP contribution in [0, 0.1) is 5.82 Å². The number of amides is 1. The van der Waals surface area contributed by atoms with E-state index in [0.29, 0.717) is 23.7 Å². The highest BCUT2D eigenvalue weighted by molar-refractivity contribution is 8.00. The minimum Gasteiger partial charge on any atom is -0.504 e. The fraction of sp³-hybridized carbons (Fsp3) is 0.154. The average molecular weight is 476 g/mol. The first kappa shape index (κ1) is 22.0. The molecular weight excluding hydrogens is 453 g/mol. The first-order chi connectivity index (χ1) is 16.5. The van der Waals surface area contributed by atoms with Gasteiger partial charge in [0, 0.05) is 17.3 Å². The Balaban J connectivity index is 1.53. The molecule has 1 aromatic heterocycles. The molecule has 0 bridgehead atoms. The second kappa shape index (κ2) is 9.23. The maximum atomic E-state index is 13.6. The van der Waals surface area contributed by atoms with Crippen molar-refractivity contribution in [3.8, 4) is 28.4 Å². The number of aromatic nitrogens is 2. The lowest BCUT2D eigenvalue weighted by molar-refractivity contribution is -0.128. The number of carbonyl (C=O) groups excluding carboxylic acids is 1. The van der Waals surface area contributed by atoms with E-state index in [9.17, 15) is 14.3 Å². The number of hydrogen-bond acceptors (Lipinski definition) is 5. The summed E-state index contributed by atoms with van der Waals surface area (Å²) < 4.78 is 20.6. The van der Waals surface area contributed by atoms with Crippen molar-refractivity contribution in [3.05, 3.63) is 95.9 Å². The molecule has 4 aromatic rings. The lowest BCUT2D eigenvalue weighted by Gasteiger charge is -2.24. The first-order valence-electron chi connectivity index (χ1n) is 10.7. The molecule has 2 heterocycles. The van der Waals surface area contributed by atoms with Crippen LogP contribution in [0.2, 0.25) is 0 Å². The number of methoxy groups -OCH3 is 1. The van der Waals surface area contributed by atoms with E-state index < -0.39 is 0 Å². The van der Waals surface area contributed by atoms with Crippen LogP contribution >= 0.6 is 11.8 Å². The van der Waals surface area contributed by atoms with E-state index in [1.165, 1.54) is 31.0 Å². The van der Waals surface area contributed by atoms with Crippen molar-refractivity contribution in [2.24, 2.45) is 0 Å². The summed E-state index contributed by atoms with van der Waals surface area (Å²) in [5.74, 6) is 0.461. The molecule has 0 saturated carbocycles. The number of phenolic OH excluding ortho intramolecular Hbond substituents is 1. The summed E-state index contributed by atoms with van der Waals surface area (Å²) in [5, 5.41) is 14.5. The number of hydrogen-bond donors (Lipinski definition) is 1. The summed E-state index contributed by atoms with van der Waals surface area (Å²) in [5.41, 5.74) is 4.06. The van der Waals surface area contributed by atoms with Crippen molar-refractivity contribution in [2.75, 3.05) is 12.9 Å². The molecule has 0 aliphatic carbocycles. The van der Waals surface area contributed by atoms with Crippen molar-refractivity contribution < 1.29 is 19.0 Å². The van der Waals surface area contributed by atoms with E-state index in [0.717, 1.165) is 22.4 Å². The largest absolute Gasteiger partial charge is 0.504 e. The van der Waals surface area contributed by atoms with Crippen LogP contribution in [0.1, 0.15) is 16.5 Å². The van der Waals surface area contributed by atoms with Crippen molar-refractivity contribution in [1.29, 1.82) is 0 Å². The maximum absolute atomic E-state index is 13.6. The quantitative estimate of drug-likeness (QED) is 0.417. The topological polar surface area (TPSA) is 67.6 Å². The first-order valence-corrected chi connectivity index (χ1v) is 11.8. The van der Waals surface area contributed by atoms with E-state index in [1.54, 1.807) is 39.9 Å². The Bertz CT molecular complexity index is 1330. The molecular formula is C26H22FN3O3S. The third-order valence-corrected chi connectivity index (χ3v) is 6.98. The van der Waals surface area contributed by atoms with Crippen molar-refractivity contribution >= 4 is 17.7 Å². The number of rotatable bonds is 6. The van der Waals surface area contributed by atoms with Gasteiger partial charge in [0.1, 0.15) is 11.2 Å². The predicted molar refractivity (Wildman–Crippen MR) is 129 cm³/mol. The third kappa shape index (κ3) is 4.24. The lowest BCUT2D eigenvalue weighted by Crippen LogP contribution is -2.27. The molecule has 0 unspecified atom stereocenters. The molecule has 0 spiro atoms. The van der Waals surface area contributed by atoms with E-state index in [2.05, 4.69) is 0 Å². The summed E-state index contributed by atoms with van der Waals surface area (Å²) >= 11 is 1.53. The highest BCUT2D eigenvalue weighted by atomic mass is 32.2. The molecule has 1 fully saturated rings. The smallest absolute Gasteiger partial charge is 0.234 e. The summed E-state index contributed by atoms with van der Waals surface area (Å²) in [6.07, 6.45) is 1.92. The second-order valence-corrected chi connectivity index (χ2v) is 8.97. The molecule has 1 saturated heterocycles. The number of thioether (sulfide) groups is 1. The monoisotopic (exact) mass is 475 g/mol. The van der Waals surface area contributed by atoms with Crippen molar-refractivity contribution in [3.63, 3.8) is 0 Å². The van der Waals surface area contributed by atoms with Crippen LogP contribution in [-0.2, 0) is 11.3 Å². The number of aromatic hydroxyl groups is 1. The Morgan fingerprint density at radius 1 is 1.12 bits per heavy atom. The zero-order valence-corrected chi connectivity index (χ0v) is 19.2. The predicted octanol–water partition coefficient (Wildman–Crippen LogP) is 5.17. The van der Waals surface area contributed by atoms with Gasteiger partial charge in [0.25, 0.3) is 0 Å². The maximum Gasteiger partial charge on any atom is 0.234 e. The number of benzene rings is 3. The van der Waals surface area contributed by atoms with Crippen LogP contribution in [0.25, 0.3) is 16.9 Å². The number of ether oxygens (including phenoxy) is 1. The summed E-state index contributed by atoms with van der Waals surface area (Å²) in [6.45, 7) is 0.333. The fourth-order valence-electron chi connectivity index (χ4n) is 4.02. The van der Waals surface area contributed by atoms with Gasteiger partial charge in [-0.3, -0.25) is 4.79 Å². The molecule has 1 aliphatic rings. The summed E-state index contributed by atoms with van der Waals surface area (Å²) in [7, 11) is 1.50. The van der Waals surface area contributed by atoms with E-state index >= 15 is 0 Å². The average Bonchev–Trinajstić information content (AvgIpc) is 3.45. The van der Waals surface area contributed by atoms with Gasteiger partial charge in [-0.25, -0.2) is 9.07 Å². The highest BCUT2D eigenvalue weighted by Gasteiger charge is 2.34. The molecule has 1 atom stereocenters. The number of phenols is 1. The number of carbonyl (C=O) groups is 1. The number of halogens is 1. The zero-order valence-electron chi connectivity index (χ0n) is 18.4. The minimum atomic E-state index is -0.319. The fourth-order valence-corrected chi connectivity index (χ4v) is 5.20. The van der Waals surface area contributed by atoms with Gasteiger partial charge < -0.3 is 14.7 Å². The van der Waals surface area contributed by atoms with Gasteiger partial charge in [0.2, 0.25) is 5.91 Å². The van der Waals surface area contributed by atoms with E-state index in [1.807, 2.05) is 36.5 Å². The van der Waals surface area contributed by atoms with Crippen LogP contribution in [0.3, 0.4) is 0 Å². The number of para-hydroxylation sites is 1. The Morgan fingerprint density at radius 3 is 2.62 bits per heavy atom. The summed E-state index contributed by atoms with van der Waals surface area (Å²) in [4.78, 5) is 14.7. The third-order valence-electron chi connectivity index (χ3n) is 5.73. The van der Waals surface area contributed by atoms with Gasteiger partial charge >= 0.3 is 0 Å². The Hall–Kier alpha value is -3.78. The van der Waals surface area contributed by atoms with E-state index in [-0.39, 0.29) is 22.8 Å². The SMILES string of the molecule is COc1cc([C@H]2SCC(=O)N2Cc2cn(-c3ccccc3)nc2-c2ccc(F)cc2)ccc1O. The Morgan fingerprint density at radius 2 is 1.88 bits per heavy atom. The summed E-state index contributed by atoms with van der Waals surface area (Å²) in [6, 6.07) is 21.0.